The minimum Gasteiger partial charge on any atom is -0.493 e. The van der Waals surface area contributed by atoms with Gasteiger partial charge in [-0.05, 0) is 29.6 Å². The Morgan fingerprint density at radius 2 is 1.96 bits per heavy atom. The molecule has 0 radical (unpaired) electrons. The highest BCUT2D eigenvalue weighted by atomic mass is 32.1. The van der Waals surface area contributed by atoms with Crippen LogP contribution in [0.5, 0.6) is 11.5 Å². The molecule has 118 valence electrons. The summed E-state index contributed by atoms with van der Waals surface area (Å²) < 4.78 is 10.5. The molecule has 1 N–H and O–H groups in total. The van der Waals surface area contributed by atoms with Gasteiger partial charge in [0.2, 0.25) is 0 Å². The largest absolute Gasteiger partial charge is 0.493 e. The molecule has 0 saturated heterocycles. The van der Waals surface area contributed by atoms with Gasteiger partial charge in [-0.1, -0.05) is 0 Å². The van der Waals surface area contributed by atoms with E-state index < -0.39 is 0 Å². The van der Waals surface area contributed by atoms with Crippen molar-refractivity contribution in [3.05, 3.63) is 46.0 Å². The first kappa shape index (κ1) is 15.5. The maximum absolute atomic E-state index is 12.0. The summed E-state index contributed by atoms with van der Waals surface area (Å²) in [5.41, 5.74) is 2.31. The summed E-state index contributed by atoms with van der Waals surface area (Å²) in [6, 6.07) is 7.37. The standard InChI is InChI=1S/C16H14N2O3S2/c1-20-13-4-3-10(7-14(13)21-2)12-9-23-16(17-12)18-15(19)11-5-6-22-8-11/h3-9H,1-2H3,(H,17,18,19). The molecule has 0 unspecified atom stereocenters. The van der Waals surface area contributed by atoms with E-state index in [0.29, 0.717) is 22.2 Å². The van der Waals surface area contributed by atoms with E-state index in [1.807, 2.05) is 29.0 Å². The first-order valence-electron chi connectivity index (χ1n) is 6.72. The summed E-state index contributed by atoms with van der Waals surface area (Å²) in [6.45, 7) is 0. The molecule has 5 nitrogen and oxygen atoms in total. The number of rotatable bonds is 5. The zero-order valence-corrected chi connectivity index (χ0v) is 14.2. The Kier molecular flexibility index (Phi) is 4.59. The number of ether oxygens (including phenoxy) is 2. The number of carbonyl (C=O) groups excluding carboxylic acids is 1. The van der Waals surface area contributed by atoms with Gasteiger partial charge in [0.05, 0.1) is 25.5 Å². The second-order valence-electron chi connectivity index (χ2n) is 4.57. The first-order chi connectivity index (χ1) is 11.2. The molecule has 0 fully saturated rings. The first-order valence-corrected chi connectivity index (χ1v) is 8.55. The van der Waals surface area contributed by atoms with Crippen LogP contribution in [0.1, 0.15) is 10.4 Å². The van der Waals surface area contributed by atoms with Crippen molar-refractivity contribution in [3.8, 4) is 22.8 Å². The molecule has 0 aliphatic rings. The molecule has 0 aliphatic heterocycles. The number of thiophene rings is 1. The van der Waals surface area contributed by atoms with Crippen LogP contribution in [0.4, 0.5) is 5.13 Å². The van der Waals surface area contributed by atoms with Crippen LogP contribution in [-0.2, 0) is 0 Å². The molecular weight excluding hydrogens is 332 g/mol. The van der Waals surface area contributed by atoms with Crippen LogP contribution in [0, 0.1) is 0 Å². The third kappa shape index (κ3) is 3.35. The molecule has 2 heterocycles. The predicted octanol–water partition coefficient (Wildman–Crippen LogP) is 4.14. The molecule has 1 amide bonds. The van der Waals surface area contributed by atoms with Crippen molar-refractivity contribution < 1.29 is 14.3 Å². The second kappa shape index (κ2) is 6.80. The van der Waals surface area contributed by atoms with E-state index in [-0.39, 0.29) is 5.91 Å². The number of hydrogen-bond acceptors (Lipinski definition) is 6. The molecule has 2 aromatic heterocycles. The molecule has 1 aromatic carbocycles. The summed E-state index contributed by atoms with van der Waals surface area (Å²) >= 11 is 2.87. The number of thiazole rings is 1. The molecule has 3 rings (SSSR count). The molecule has 23 heavy (non-hydrogen) atoms. The van der Waals surface area contributed by atoms with E-state index in [4.69, 9.17) is 9.47 Å². The Hall–Kier alpha value is -2.38. The van der Waals surface area contributed by atoms with Gasteiger partial charge in [0.25, 0.3) is 5.91 Å². The van der Waals surface area contributed by atoms with Crippen LogP contribution in [-0.4, -0.2) is 25.1 Å². The highest BCUT2D eigenvalue weighted by Crippen LogP contribution is 2.33. The lowest BCUT2D eigenvalue weighted by atomic mass is 10.1. The summed E-state index contributed by atoms with van der Waals surface area (Å²) in [5, 5.41) is 8.93. The fourth-order valence-electron chi connectivity index (χ4n) is 2.02. The third-order valence-corrected chi connectivity index (χ3v) is 4.63. The van der Waals surface area contributed by atoms with Crippen LogP contribution in [0.3, 0.4) is 0 Å². The molecule has 0 aliphatic carbocycles. The van der Waals surface area contributed by atoms with Gasteiger partial charge in [-0.25, -0.2) is 4.98 Å². The van der Waals surface area contributed by atoms with Gasteiger partial charge in [-0.2, -0.15) is 11.3 Å². The van der Waals surface area contributed by atoms with E-state index in [2.05, 4.69) is 10.3 Å². The lowest BCUT2D eigenvalue weighted by Gasteiger charge is -2.08. The fraction of sp³-hybridized carbons (Fsp3) is 0.125. The van der Waals surface area contributed by atoms with Crippen molar-refractivity contribution in [2.45, 2.75) is 0 Å². The number of methoxy groups -OCH3 is 2. The van der Waals surface area contributed by atoms with E-state index in [9.17, 15) is 4.79 Å². The van der Waals surface area contributed by atoms with E-state index in [1.165, 1.54) is 22.7 Å². The van der Waals surface area contributed by atoms with E-state index >= 15 is 0 Å². The van der Waals surface area contributed by atoms with Crippen LogP contribution in [0.15, 0.2) is 40.4 Å². The second-order valence-corrected chi connectivity index (χ2v) is 6.21. The van der Waals surface area contributed by atoms with Gasteiger partial charge < -0.3 is 9.47 Å². The molecule has 3 aromatic rings. The van der Waals surface area contributed by atoms with Crippen molar-refractivity contribution in [1.29, 1.82) is 0 Å². The van der Waals surface area contributed by atoms with Crippen molar-refractivity contribution in [3.63, 3.8) is 0 Å². The van der Waals surface area contributed by atoms with Crippen molar-refractivity contribution in [2.24, 2.45) is 0 Å². The van der Waals surface area contributed by atoms with E-state index in [0.717, 1.165) is 11.3 Å². The quantitative estimate of drug-likeness (QED) is 0.754. The Morgan fingerprint density at radius 1 is 1.13 bits per heavy atom. The van der Waals surface area contributed by atoms with Gasteiger partial charge in [0.15, 0.2) is 16.6 Å². The number of anilines is 1. The van der Waals surface area contributed by atoms with Gasteiger partial charge in [-0.3, -0.25) is 10.1 Å². The van der Waals surface area contributed by atoms with Gasteiger partial charge in [-0.15, -0.1) is 11.3 Å². The van der Waals surface area contributed by atoms with Crippen molar-refractivity contribution >= 4 is 33.7 Å². The number of nitrogens with zero attached hydrogens (tertiary/aromatic N) is 1. The molecule has 0 bridgehead atoms. The van der Waals surface area contributed by atoms with Crippen molar-refractivity contribution in [2.75, 3.05) is 19.5 Å². The average Bonchev–Trinajstić information content (AvgIpc) is 3.25. The van der Waals surface area contributed by atoms with Crippen molar-refractivity contribution in [1.82, 2.24) is 4.98 Å². The number of nitrogens with one attached hydrogen (secondary N) is 1. The van der Waals surface area contributed by atoms with Crippen LogP contribution in [0.2, 0.25) is 0 Å². The van der Waals surface area contributed by atoms with Gasteiger partial charge in [0, 0.05) is 16.3 Å². The fourth-order valence-corrected chi connectivity index (χ4v) is 3.37. The number of aromatic nitrogens is 1. The van der Waals surface area contributed by atoms with Gasteiger partial charge >= 0.3 is 0 Å². The summed E-state index contributed by atoms with van der Waals surface area (Å²) in [4.78, 5) is 16.5. The van der Waals surface area contributed by atoms with Crippen LogP contribution >= 0.6 is 22.7 Å². The minimum absolute atomic E-state index is 0.153. The van der Waals surface area contributed by atoms with Crippen LogP contribution in [0.25, 0.3) is 11.3 Å². The lowest BCUT2D eigenvalue weighted by molar-refractivity contribution is 0.102. The maximum Gasteiger partial charge on any atom is 0.258 e. The van der Waals surface area contributed by atoms with Gasteiger partial charge in [0.1, 0.15) is 0 Å². The Labute approximate surface area is 141 Å². The average molecular weight is 346 g/mol. The maximum atomic E-state index is 12.0. The normalized spacial score (nSPS) is 10.3. The number of amides is 1. The Morgan fingerprint density at radius 3 is 2.65 bits per heavy atom. The number of benzene rings is 1. The van der Waals surface area contributed by atoms with E-state index in [1.54, 1.807) is 25.7 Å². The predicted molar refractivity (Wildman–Crippen MR) is 92.9 cm³/mol. The zero-order valence-electron chi connectivity index (χ0n) is 12.5. The lowest BCUT2D eigenvalue weighted by Crippen LogP contribution is -2.10. The zero-order chi connectivity index (χ0) is 16.2. The Bertz CT molecular complexity index is 813. The molecule has 7 heteroatoms. The minimum atomic E-state index is -0.153. The Balaban J connectivity index is 1.80. The SMILES string of the molecule is COc1ccc(-c2csc(NC(=O)c3ccsc3)n2)cc1OC. The summed E-state index contributed by atoms with van der Waals surface area (Å²) in [6.07, 6.45) is 0. The monoisotopic (exact) mass is 346 g/mol. The highest BCUT2D eigenvalue weighted by Gasteiger charge is 2.12. The molecule has 0 saturated carbocycles. The smallest absolute Gasteiger partial charge is 0.258 e. The summed E-state index contributed by atoms with van der Waals surface area (Å²) in [7, 11) is 3.19. The number of hydrogen-bond donors (Lipinski definition) is 1. The number of carbonyl (C=O) groups is 1. The molecular formula is C16H14N2O3S2. The van der Waals surface area contributed by atoms with Crippen LogP contribution < -0.4 is 14.8 Å². The summed E-state index contributed by atoms with van der Waals surface area (Å²) in [5.74, 6) is 1.15. The highest BCUT2D eigenvalue weighted by molar-refractivity contribution is 7.14. The molecule has 0 atom stereocenters. The topological polar surface area (TPSA) is 60.5 Å². The third-order valence-electron chi connectivity index (χ3n) is 3.19. The molecule has 0 spiro atoms.